The second kappa shape index (κ2) is 9.67. The molecule has 0 bridgehead atoms. The van der Waals surface area contributed by atoms with Crippen LogP contribution in [0.2, 0.25) is 5.02 Å². The van der Waals surface area contributed by atoms with Crippen molar-refractivity contribution in [3.63, 3.8) is 0 Å². The van der Waals surface area contributed by atoms with Crippen molar-refractivity contribution in [2.75, 3.05) is 0 Å². The highest BCUT2D eigenvalue weighted by atomic mass is 35.5. The van der Waals surface area contributed by atoms with Crippen LogP contribution < -0.4 is 15.7 Å². The fourth-order valence-corrected chi connectivity index (χ4v) is 3.41. The first-order valence-electron chi connectivity index (χ1n) is 10.5. The monoisotopic (exact) mass is 471 g/mol. The van der Waals surface area contributed by atoms with E-state index in [9.17, 15) is 14.4 Å². The molecule has 33 heavy (non-hydrogen) atoms. The first-order chi connectivity index (χ1) is 15.4. The number of nitrogens with one attached hydrogen (secondary N) is 1. The molecule has 3 aromatic rings. The molecule has 3 rings (SSSR count). The van der Waals surface area contributed by atoms with Crippen LogP contribution in [0.25, 0.3) is 11.0 Å². The van der Waals surface area contributed by atoms with E-state index < -0.39 is 29.3 Å². The highest BCUT2D eigenvalue weighted by Crippen LogP contribution is 2.32. The molecule has 0 unspecified atom stereocenters. The number of alkyl carbamates (subject to hydrolysis) is 1. The van der Waals surface area contributed by atoms with Crippen molar-refractivity contribution in [3.05, 3.63) is 74.6 Å². The molecule has 174 valence electrons. The van der Waals surface area contributed by atoms with Gasteiger partial charge in [-0.25, -0.2) is 14.4 Å². The molecule has 7 nitrogen and oxygen atoms in total. The number of carbonyl (C=O) groups is 2. The van der Waals surface area contributed by atoms with E-state index in [-0.39, 0.29) is 16.4 Å². The van der Waals surface area contributed by atoms with Crippen molar-refractivity contribution in [2.24, 2.45) is 0 Å². The van der Waals surface area contributed by atoms with E-state index in [2.05, 4.69) is 5.32 Å². The Morgan fingerprint density at radius 1 is 1.15 bits per heavy atom. The molecular formula is C25H26ClNO6. The van der Waals surface area contributed by atoms with Gasteiger partial charge in [0.2, 0.25) is 0 Å². The molecule has 0 fully saturated rings. The number of aryl methyl sites for hydroxylation is 1. The van der Waals surface area contributed by atoms with Gasteiger partial charge >= 0.3 is 17.7 Å². The molecule has 0 aliphatic heterocycles. The van der Waals surface area contributed by atoms with Crippen LogP contribution in [0.15, 0.2) is 51.7 Å². The van der Waals surface area contributed by atoms with Crippen LogP contribution in [0.5, 0.6) is 5.75 Å². The van der Waals surface area contributed by atoms with E-state index in [0.717, 1.165) is 11.1 Å². The summed E-state index contributed by atoms with van der Waals surface area (Å²) in [6.45, 7) is 8.43. The lowest BCUT2D eigenvalue weighted by molar-refractivity contribution is -0.136. The fraction of sp³-hybridized carbons (Fsp3) is 0.320. The Labute approximate surface area is 196 Å². The molecule has 1 amide bonds. The summed E-state index contributed by atoms with van der Waals surface area (Å²) in [7, 11) is 0. The molecule has 0 saturated heterocycles. The number of fused-ring (bicyclic) bond motifs is 1. The minimum atomic E-state index is -0.992. The molecule has 0 radical (unpaired) electrons. The summed E-state index contributed by atoms with van der Waals surface area (Å²) in [6.07, 6.45) is -0.322. The lowest BCUT2D eigenvalue weighted by Gasteiger charge is -2.21. The van der Waals surface area contributed by atoms with Gasteiger partial charge in [0.25, 0.3) is 0 Å². The zero-order valence-corrected chi connectivity index (χ0v) is 19.9. The van der Waals surface area contributed by atoms with Crippen molar-refractivity contribution in [1.29, 1.82) is 0 Å². The third kappa shape index (κ3) is 6.14. The van der Waals surface area contributed by atoms with Crippen molar-refractivity contribution in [1.82, 2.24) is 5.32 Å². The van der Waals surface area contributed by atoms with Gasteiger partial charge in [0, 0.05) is 23.4 Å². The Balaban J connectivity index is 1.83. The Hall–Kier alpha value is -3.32. The normalized spacial score (nSPS) is 12.3. The van der Waals surface area contributed by atoms with Crippen LogP contribution in [-0.2, 0) is 16.0 Å². The molecule has 1 N–H and O–H groups in total. The Morgan fingerprint density at radius 2 is 1.82 bits per heavy atom. The van der Waals surface area contributed by atoms with E-state index >= 15 is 0 Å². The topological polar surface area (TPSA) is 94.8 Å². The maximum Gasteiger partial charge on any atom is 0.408 e. The zero-order valence-electron chi connectivity index (χ0n) is 19.2. The minimum Gasteiger partial charge on any atom is -0.444 e. The molecular weight excluding hydrogens is 446 g/mol. The Bertz CT molecular complexity index is 1240. The summed E-state index contributed by atoms with van der Waals surface area (Å²) < 4.78 is 16.0. The number of ether oxygens (including phenoxy) is 2. The number of amides is 1. The van der Waals surface area contributed by atoms with Crippen molar-refractivity contribution >= 4 is 34.6 Å². The quantitative estimate of drug-likeness (QED) is 0.313. The smallest absolute Gasteiger partial charge is 0.408 e. The average molecular weight is 472 g/mol. The third-order valence-electron chi connectivity index (χ3n) is 4.86. The van der Waals surface area contributed by atoms with Gasteiger partial charge in [-0.1, -0.05) is 41.9 Å². The number of esters is 1. The first kappa shape index (κ1) is 24.3. The van der Waals surface area contributed by atoms with Crippen molar-refractivity contribution in [2.45, 2.75) is 52.7 Å². The second-order valence-electron chi connectivity index (χ2n) is 8.72. The van der Waals surface area contributed by atoms with Gasteiger partial charge in [-0.2, -0.15) is 0 Å². The number of rotatable bonds is 5. The SMILES string of the molecule is Cc1c(Cc2ccccc2)c(=O)oc2cc(OC(=O)[C@@H](C)NC(=O)OC(C)(C)C)c(Cl)cc12. The minimum absolute atomic E-state index is 0.0189. The number of carbonyl (C=O) groups excluding carboxylic acids is 2. The van der Waals surface area contributed by atoms with Gasteiger partial charge in [0.1, 0.15) is 17.2 Å². The largest absolute Gasteiger partial charge is 0.444 e. The van der Waals surface area contributed by atoms with Crippen LogP contribution in [0.3, 0.4) is 0 Å². The molecule has 2 aromatic carbocycles. The van der Waals surface area contributed by atoms with E-state index in [4.69, 9.17) is 25.5 Å². The van der Waals surface area contributed by atoms with Gasteiger partial charge < -0.3 is 19.2 Å². The summed E-state index contributed by atoms with van der Waals surface area (Å²) in [4.78, 5) is 37.0. The fourth-order valence-electron chi connectivity index (χ4n) is 3.21. The van der Waals surface area contributed by atoms with Crippen LogP contribution in [0, 0.1) is 6.92 Å². The summed E-state index contributed by atoms with van der Waals surface area (Å²) in [6, 6.07) is 11.6. The van der Waals surface area contributed by atoms with Crippen LogP contribution in [0.4, 0.5) is 4.79 Å². The molecule has 1 atom stereocenters. The van der Waals surface area contributed by atoms with Gasteiger partial charge in [0.15, 0.2) is 5.75 Å². The molecule has 8 heteroatoms. The number of benzene rings is 2. The van der Waals surface area contributed by atoms with Gasteiger partial charge in [-0.3, -0.25) is 0 Å². The highest BCUT2D eigenvalue weighted by molar-refractivity contribution is 6.33. The van der Waals surface area contributed by atoms with Crippen LogP contribution >= 0.6 is 11.6 Å². The standard InChI is InChI=1S/C25H26ClNO6/c1-14-17-12-19(26)21(32-22(28)15(2)27-24(30)33-25(3,4)5)13-20(17)31-23(29)18(14)11-16-9-7-6-8-10-16/h6-10,12-13,15H,11H2,1-5H3,(H,27,30)/t15-/m1/s1. The van der Waals surface area contributed by atoms with Gasteiger partial charge in [0.05, 0.1) is 5.02 Å². The van der Waals surface area contributed by atoms with E-state index in [0.29, 0.717) is 17.4 Å². The number of hydrogen-bond donors (Lipinski definition) is 1. The second-order valence-corrected chi connectivity index (χ2v) is 9.13. The molecule has 0 spiro atoms. The number of hydrogen-bond acceptors (Lipinski definition) is 6. The molecule has 1 heterocycles. The Kier molecular flexibility index (Phi) is 7.12. The van der Waals surface area contributed by atoms with Crippen LogP contribution in [0.1, 0.15) is 44.4 Å². The van der Waals surface area contributed by atoms with E-state index in [1.807, 2.05) is 37.3 Å². The van der Waals surface area contributed by atoms with E-state index in [1.165, 1.54) is 13.0 Å². The van der Waals surface area contributed by atoms with E-state index in [1.54, 1.807) is 26.8 Å². The summed E-state index contributed by atoms with van der Waals surface area (Å²) >= 11 is 6.36. The highest BCUT2D eigenvalue weighted by Gasteiger charge is 2.23. The summed E-state index contributed by atoms with van der Waals surface area (Å²) in [5, 5.41) is 3.22. The van der Waals surface area contributed by atoms with Crippen molar-refractivity contribution < 1.29 is 23.5 Å². The summed E-state index contributed by atoms with van der Waals surface area (Å²) in [5.74, 6) is -0.729. The molecule has 0 saturated carbocycles. The number of halogens is 1. The van der Waals surface area contributed by atoms with Gasteiger partial charge in [-0.05, 0) is 51.8 Å². The Morgan fingerprint density at radius 3 is 2.45 bits per heavy atom. The van der Waals surface area contributed by atoms with Crippen LogP contribution in [-0.4, -0.2) is 23.7 Å². The maximum absolute atomic E-state index is 12.7. The average Bonchev–Trinajstić information content (AvgIpc) is 2.71. The maximum atomic E-state index is 12.7. The first-order valence-corrected chi connectivity index (χ1v) is 10.8. The summed E-state index contributed by atoms with van der Waals surface area (Å²) in [5.41, 5.74) is 1.33. The lowest BCUT2D eigenvalue weighted by atomic mass is 9.99. The zero-order chi connectivity index (χ0) is 24.3. The van der Waals surface area contributed by atoms with Gasteiger partial charge in [-0.15, -0.1) is 0 Å². The third-order valence-corrected chi connectivity index (χ3v) is 5.16. The molecule has 0 aliphatic rings. The predicted octanol–water partition coefficient (Wildman–Crippen LogP) is 5.16. The predicted molar refractivity (Wildman–Crippen MR) is 126 cm³/mol. The molecule has 0 aliphatic carbocycles. The molecule has 1 aromatic heterocycles. The lowest BCUT2D eigenvalue weighted by Crippen LogP contribution is -2.43. The van der Waals surface area contributed by atoms with Crippen molar-refractivity contribution in [3.8, 4) is 5.75 Å².